The Labute approximate surface area is 125 Å². The van der Waals surface area contributed by atoms with E-state index in [1.165, 1.54) is 11.3 Å². The lowest BCUT2D eigenvalue weighted by atomic mass is 10.1. The van der Waals surface area contributed by atoms with Crippen LogP contribution in [0.4, 0.5) is 4.79 Å². The second-order valence-corrected chi connectivity index (χ2v) is 6.88. The zero-order chi connectivity index (χ0) is 14.5. The molecular formula is C15H25N3OS. The lowest BCUT2D eigenvalue weighted by molar-refractivity contribution is 0.235. The molecule has 2 rings (SSSR count). The van der Waals surface area contributed by atoms with Gasteiger partial charge in [-0.3, -0.25) is 0 Å². The van der Waals surface area contributed by atoms with E-state index in [9.17, 15) is 4.79 Å². The van der Waals surface area contributed by atoms with E-state index in [4.69, 9.17) is 0 Å². The summed E-state index contributed by atoms with van der Waals surface area (Å²) in [4.78, 5) is 15.5. The van der Waals surface area contributed by atoms with Crippen LogP contribution >= 0.6 is 11.3 Å². The first-order valence-electron chi connectivity index (χ1n) is 7.30. The lowest BCUT2D eigenvalue weighted by Crippen LogP contribution is -2.42. The lowest BCUT2D eigenvalue weighted by Gasteiger charge is -2.19. The molecule has 1 aliphatic rings. The number of carbonyl (C=O) groups is 1. The predicted molar refractivity (Wildman–Crippen MR) is 84.4 cm³/mol. The van der Waals surface area contributed by atoms with Gasteiger partial charge in [0.1, 0.15) is 0 Å². The van der Waals surface area contributed by atoms with Crippen LogP contribution in [0.25, 0.3) is 0 Å². The molecule has 1 aliphatic carbocycles. The minimum absolute atomic E-state index is 0.0298. The molecule has 0 unspecified atom stereocenters. The van der Waals surface area contributed by atoms with E-state index < -0.39 is 0 Å². The molecule has 2 amide bonds. The standard InChI is InChI=1S/C15H25N3OS/c1-11(14-5-4-8-20-14)10-16-15(19)17-12-6-7-13(9-12)18(2)3/h4-5,8,11-13H,6-7,9-10H2,1-3H3,(H2,16,17,19)/t11-,12+,13-/m1/s1. The number of amides is 2. The molecular weight excluding hydrogens is 270 g/mol. The molecule has 20 heavy (non-hydrogen) atoms. The number of nitrogens with one attached hydrogen (secondary N) is 2. The smallest absolute Gasteiger partial charge is 0.315 e. The third-order valence-electron chi connectivity index (χ3n) is 4.07. The van der Waals surface area contributed by atoms with Crippen LogP contribution in [0.3, 0.4) is 0 Å². The van der Waals surface area contributed by atoms with Crippen molar-refractivity contribution in [1.82, 2.24) is 15.5 Å². The van der Waals surface area contributed by atoms with Crippen LogP contribution in [0.2, 0.25) is 0 Å². The Morgan fingerprint density at radius 3 is 2.90 bits per heavy atom. The van der Waals surface area contributed by atoms with Crippen molar-refractivity contribution in [3.8, 4) is 0 Å². The highest BCUT2D eigenvalue weighted by Gasteiger charge is 2.27. The van der Waals surface area contributed by atoms with Gasteiger partial charge in [-0.2, -0.15) is 0 Å². The zero-order valence-electron chi connectivity index (χ0n) is 12.6. The summed E-state index contributed by atoms with van der Waals surface area (Å²) < 4.78 is 0. The van der Waals surface area contributed by atoms with E-state index in [1.54, 1.807) is 11.3 Å². The fourth-order valence-electron chi connectivity index (χ4n) is 2.71. The maximum Gasteiger partial charge on any atom is 0.315 e. The summed E-state index contributed by atoms with van der Waals surface area (Å²) in [5.74, 6) is 0.374. The summed E-state index contributed by atoms with van der Waals surface area (Å²) in [6.07, 6.45) is 3.31. The summed E-state index contributed by atoms with van der Waals surface area (Å²) in [5.41, 5.74) is 0. The predicted octanol–water partition coefficient (Wildman–Crippen LogP) is 2.63. The van der Waals surface area contributed by atoms with Gasteiger partial charge in [-0.1, -0.05) is 13.0 Å². The van der Waals surface area contributed by atoms with Crippen molar-refractivity contribution in [1.29, 1.82) is 0 Å². The second-order valence-electron chi connectivity index (χ2n) is 5.90. The van der Waals surface area contributed by atoms with E-state index in [0.717, 1.165) is 12.8 Å². The topological polar surface area (TPSA) is 44.4 Å². The quantitative estimate of drug-likeness (QED) is 0.877. The van der Waals surface area contributed by atoms with Crippen molar-refractivity contribution in [2.45, 2.75) is 44.2 Å². The molecule has 1 aromatic rings. The van der Waals surface area contributed by atoms with Crippen LogP contribution < -0.4 is 10.6 Å². The third-order valence-corrected chi connectivity index (χ3v) is 5.17. The van der Waals surface area contributed by atoms with Crippen molar-refractivity contribution in [2.75, 3.05) is 20.6 Å². The van der Waals surface area contributed by atoms with Gasteiger partial charge < -0.3 is 15.5 Å². The van der Waals surface area contributed by atoms with Gasteiger partial charge in [0, 0.05) is 29.4 Å². The fourth-order valence-corrected chi connectivity index (χ4v) is 3.50. The molecule has 0 spiro atoms. The first-order chi connectivity index (χ1) is 9.56. The molecule has 5 heteroatoms. The maximum absolute atomic E-state index is 11.9. The number of carbonyl (C=O) groups excluding carboxylic acids is 1. The summed E-state index contributed by atoms with van der Waals surface area (Å²) in [6, 6.07) is 5.06. The first-order valence-corrected chi connectivity index (χ1v) is 8.18. The van der Waals surface area contributed by atoms with Gasteiger partial charge >= 0.3 is 6.03 Å². The van der Waals surface area contributed by atoms with E-state index in [1.807, 2.05) is 0 Å². The van der Waals surface area contributed by atoms with E-state index in [2.05, 4.69) is 54.1 Å². The molecule has 1 fully saturated rings. The number of hydrogen-bond donors (Lipinski definition) is 2. The summed E-state index contributed by atoms with van der Waals surface area (Å²) in [6.45, 7) is 2.83. The molecule has 0 bridgehead atoms. The highest BCUT2D eigenvalue weighted by Crippen LogP contribution is 2.22. The number of nitrogens with zero attached hydrogens (tertiary/aromatic N) is 1. The van der Waals surface area contributed by atoms with Crippen molar-refractivity contribution in [3.63, 3.8) is 0 Å². The van der Waals surface area contributed by atoms with Crippen molar-refractivity contribution < 1.29 is 4.79 Å². The third kappa shape index (κ3) is 4.21. The van der Waals surface area contributed by atoms with Gasteiger partial charge in [-0.05, 0) is 44.8 Å². The van der Waals surface area contributed by atoms with Crippen molar-refractivity contribution in [3.05, 3.63) is 22.4 Å². The first kappa shape index (κ1) is 15.3. The number of rotatable bonds is 5. The van der Waals surface area contributed by atoms with Crippen LogP contribution in [0.5, 0.6) is 0 Å². The second kappa shape index (κ2) is 7.09. The Hall–Kier alpha value is -1.07. The molecule has 4 nitrogen and oxygen atoms in total. The van der Waals surface area contributed by atoms with Crippen molar-refractivity contribution in [2.24, 2.45) is 0 Å². The van der Waals surface area contributed by atoms with Crippen molar-refractivity contribution >= 4 is 17.4 Å². The minimum Gasteiger partial charge on any atom is -0.338 e. The van der Waals surface area contributed by atoms with Gasteiger partial charge in [0.25, 0.3) is 0 Å². The van der Waals surface area contributed by atoms with Gasteiger partial charge in [0.15, 0.2) is 0 Å². The van der Waals surface area contributed by atoms with Gasteiger partial charge in [-0.15, -0.1) is 11.3 Å². The largest absolute Gasteiger partial charge is 0.338 e. The van der Waals surface area contributed by atoms with Crippen LogP contribution in [-0.2, 0) is 0 Å². The Bertz CT molecular complexity index is 419. The molecule has 1 heterocycles. The summed E-state index contributed by atoms with van der Waals surface area (Å²) in [5, 5.41) is 8.15. The molecule has 3 atom stereocenters. The monoisotopic (exact) mass is 295 g/mol. The van der Waals surface area contributed by atoms with E-state index in [0.29, 0.717) is 24.5 Å². The SMILES string of the molecule is C[C@H](CNC(=O)N[C@H]1CC[C@@H](N(C)C)C1)c1cccs1. The Morgan fingerprint density at radius 1 is 1.50 bits per heavy atom. The number of hydrogen-bond acceptors (Lipinski definition) is 3. The molecule has 0 radical (unpaired) electrons. The Morgan fingerprint density at radius 2 is 2.30 bits per heavy atom. The molecule has 1 saturated carbocycles. The minimum atomic E-state index is -0.0298. The van der Waals surface area contributed by atoms with Crippen LogP contribution in [-0.4, -0.2) is 43.7 Å². The van der Waals surface area contributed by atoms with Crippen LogP contribution in [0.15, 0.2) is 17.5 Å². The summed E-state index contributed by atoms with van der Waals surface area (Å²) in [7, 11) is 4.21. The molecule has 0 aromatic carbocycles. The normalized spacial score (nSPS) is 23.8. The number of urea groups is 1. The Balaban J connectivity index is 1.68. The highest BCUT2D eigenvalue weighted by molar-refractivity contribution is 7.10. The average Bonchev–Trinajstić information content (AvgIpc) is 3.06. The van der Waals surface area contributed by atoms with Gasteiger partial charge in [0.2, 0.25) is 0 Å². The maximum atomic E-state index is 11.9. The molecule has 0 saturated heterocycles. The van der Waals surface area contributed by atoms with E-state index >= 15 is 0 Å². The molecule has 112 valence electrons. The van der Waals surface area contributed by atoms with Gasteiger partial charge in [0.05, 0.1) is 0 Å². The molecule has 0 aliphatic heterocycles. The molecule has 2 N–H and O–H groups in total. The van der Waals surface area contributed by atoms with Crippen LogP contribution in [0.1, 0.15) is 37.0 Å². The van der Waals surface area contributed by atoms with E-state index in [-0.39, 0.29) is 6.03 Å². The average molecular weight is 295 g/mol. The highest BCUT2D eigenvalue weighted by atomic mass is 32.1. The van der Waals surface area contributed by atoms with Gasteiger partial charge in [-0.25, -0.2) is 4.79 Å². The Kier molecular flexibility index (Phi) is 5.43. The zero-order valence-corrected chi connectivity index (χ0v) is 13.4. The number of thiophene rings is 1. The fraction of sp³-hybridized carbons (Fsp3) is 0.667. The molecule has 1 aromatic heterocycles. The van der Waals surface area contributed by atoms with Crippen LogP contribution in [0, 0.1) is 0 Å². The summed E-state index contributed by atoms with van der Waals surface area (Å²) >= 11 is 1.74.